The summed E-state index contributed by atoms with van der Waals surface area (Å²) in [6.07, 6.45) is 2.37. The van der Waals surface area contributed by atoms with Crippen molar-refractivity contribution in [3.05, 3.63) is 64.9 Å². The Labute approximate surface area is 156 Å². The predicted molar refractivity (Wildman–Crippen MR) is 100 cm³/mol. The van der Waals surface area contributed by atoms with Crippen LogP contribution < -0.4 is 14.8 Å². The average molecular weight is 371 g/mol. The first-order chi connectivity index (χ1) is 12.7. The maximum Gasteiger partial charge on any atom is 0.222 e. The van der Waals surface area contributed by atoms with Gasteiger partial charge in [-0.2, -0.15) is 10.1 Å². The molecule has 1 aliphatic heterocycles. The van der Waals surface area contributed by atoms with Gasteiger partial charge in [0, 0.05) is 16.7 Å². The van der Waals surface area contributed by atoms with Gasteiger partial charge in [-0.15, -0.1) is 0 Å². The van der Waals surface area contributed by atoms with E-state index in [2.05, 4.69) is 15.4 Å². The minimum atomic E-state index is -0.00437. The van der Waals surface area contributed by atoms with Gasteiger partial charge in [0.2, 0.25) is 5.95 Å². The fourth-order valence-electron chi connectivity index (χ4n) is 3.39. The summed E-state index contributed by atoms with van der Waals surface area (Å²) < 4.78 is 12.8. The number of aromatic nitrogens is 3. The minimum Gasteiger partial charge on any atom is -0.497 e. The zero-order valence-corrected chi connectivity index (χ0v) is 15.3. The van der Waals surface area contributed by atoms with Crippen molar-refractivity contribution >= 4 is 17.5 Å². The van der Waals surface area contributed by atoms with Crippen LogP contribution in [0, 0.1) is 0 Å². The van der Waals surface area contributed by atoms with Crippen LogP contribution in [0.4, 0.5) is 5.95 Å². The summed E-state index contributed by atoms with van der Waals surface area (Å²) in [5.41, 5.74) is 2.20. The van der Waals surface area contributed by atoms with Crippen LogP contribution in [0.1, 0.15) is 29.6 Å². The summed E-state index contributed by atoms with van der Waals surface area (Å²) in [6, 6.07) is 13.8. The zero-order valence-electron chi connectivity index (χ0n) is 14.5. The van der Waals surface area contributed by atoms with Crippen molar-refractivity contribution in [3.8, 4) is 11.5 Å². The molecule has 0 unspecified atom stereocenters. The van der Waals surface area contributed by atoms with Gasteiger partial charge in [-0.25, -0.2) is 4.68 Å². The second-order valence-electron chi connectivity index (χ2n) is 6.14. The van der Waals surface area contributed by atoms with Crippen LogP contribution in [0.5, 0.6) is 11.5 Å². The molecule has 0 saturated carbocycles. The first-order valence-corrected chi connectivity index (χ1v) is 8.71. The summed E-state index contributed by atoms with van der Waals surface area (Å²) in [6.45, 7) is 0. The molecule has 0 fully saturated rings. The number of halogens is 1. The van der Waals surface area contributed by atoms with E-state index < -0.39 is 0 Å². The van der Waals surface area contributed by atoms with Crippen molar-refractivity contribution in [2.75, 3.05) is 19.5 Å². The molecule has 2 atom stereocenters. The van der Waals surface area contributed by atoms with Gasteiger partial charge in [0.15, 0.2) is 0 Å². The molecule has 26 heavy (non-hydrogen) atoms. The summed E-state index contributed by atoms with van der Waals surface area (Å²) in [5.74, 6) is 2.26. The van der Waals surface area contributed by atoms with E-state index in [-0.39, 0.29) is 12.1 Å². The van der Waals surface area contributed by atoms with Crippen LogP contribution in [0.25, 0.3) is 0 Å². The van der Waals surface area contributed by atoms with Gasteiger partial charge >= 0.3 is 0 Å². The van der Waals surface area contributed by atoms with Crippen LogP contribution in [-0.4, -0.2) is 29.0 Å². The summed E-state index contributed by atoms with van der Waals surface area (Å²) in [5, 5.41) is 8.59. The molecule has 2 aromatic carbocycles. The van der Waals surface area contributed by atoms with Crippen LogP contribution >= 0.6 is 11.6 Å². The molecular weight excluding hydrogens is 352 g/mol. The number of nitrogens with one attached hydrogen (secondary N) is 1. The molecule has 1 aliphatic rings. The van der Waals surface area contributed by atoms with Crippen LogP contribution in [0.3, 0.4) is 0 Å². The highest BCUT2D eigenvalue weighted by Gasteiger charge is 2.31. The number of anilines is 1. The summed E-state index contributed by atoms with van der Waals surface area (Å²) in [7, 11) is 3.31. The third-order valence-electron chi connectivity index (χ3n) is 4.70. The smallest absolute Gasteiger partial charge is 0.222 e. The molecule has 134 valence electrons. The third kappa shape index (κ3) is 2.97. The number of rotatable bonds is 4. The highest BCUT2D eigenvalue weighted by atomic mass is 35.5. The summed E-state index contributed by atoms with van der Waals surface area (Å²) in [4.78, 5) is 4.36. The standard InChI is InChI=1S/C19H19ClN4O2/c1-25-14-7-8-15(18(9-14)26-2)17-10-16(12-3-5-13(20)6-4-12)23-19-21-11-22-24(17)19/h3-9,11,16-17H,10H2,1-2H3,(H,21,22,23)/t16-,17-/m0/s1. The van der Waals surface area contributed by atoms with Crippen molar-refractivity contribution in [3.63, 3.8) is 0 Å². The van der Waals surface area contributed by atoms with Crippen molar-refractivity contribution in [2.24, 2.45) is 0 Å². The third-order valence-corrected chi connectivity index (χ3v) is 4.95. The lowest BCUT2D eigenvalue weighted by atomic mass is 9.93. The van der Waals surface area contributed by atoms with E-state index in [1.54, 1.807) is 20.5 Å². The zero-order chi connectivity index (χ0) is 18.1. The maximum absolute atomic E-state index is 6.03. The van der Waals surface area contributed by atoms with E-state index >= 15 is 0 Å². The molecule has 1 N–H and O–H groups in total. The van der Waals surface area contributed by atoms with Gasteiger partial charge in [-0.3, -0.25) is 0 Å². The molecule has 0 aliphatic carbocycles. The Morgan fingerprint density at radius 3 is 2.65 bits per heavy atom. The lowest BCUT2D eigenvalue weighted by molar-refractivity contribution is 0.371. The van der Waals surface area contributed by atoms with Gasteiger partial charge in [0.05, 0.1) is 26.3 Å². The Kier molecular flexibility index (Phi) is 4.42. The van der Waals surface area contributed by atoms with Gasteiger partial charge in [-0.05, 0) is 36.2 Å². The lowest BCUT2D eigenvalue weighted by Crippen LogP contribution is -2.28. The highest BCUT2D eigenvalue weighted by molar-refractivity contribution is 6.30. The van der Waals surface area contributed by atoms with E-state index in [1.807, 2.05) is 47.1 Å². The molecule has 0 radical (unpaired) electrons. The lowest BCUT2D eigenvalue weighted by Gasteiger charge is -2.32. The van der Waals surface area contributed by atoms with E-state index in [0.29, 0.717) is 0 Å². The van der Waals surface area contributed by atoms with E-state index in [1.165, 1.54) is 0 Å². The first-order valence-electron chi connectivity index (χ1n) is 8.33. The Morgan fingerprint density at radius 1 is 1.12 bits per heavy atom. The van der Waals surface area contributed by atoms with Crippen molar-refractivity contribution in [1.29, 1.82) is 0 Å². The topological polar surface area (TPSA) is 61.2 Å². The number of hydrogen-bond donors (Lipinski definition) is 1. The number of benzene rings is 2. The molecule has 7 heteroatoms. The molecule has 0 saturated heterocycles. The van der Waals surface area contributed by atoms with E-state index in [4.69, 9.17) is 21.1 Å². The Bertz CT molecular complexity index is 910. The fraction of sp³-hybridized carbons (Fsp3) is 0.263. The van der Waals surface area contributed by atoms with Gasteiger partial charge < -0.3 is 14.8 Å². The Hall–Kier alpha value is -2.73. The molecule has 1 aromatic heterocycles. The van der Waals surface area contributed by atoms with Gasteiger partial charge in [0.1, 0.15) is 17.8 Å². The Morgan fingerprint density at radius 2 is 1.92 bits per heavy atom. The van der Waals surface area contributed by atoms with E-state index in [9.17, 15) is 0 Å². The molecule has 3 aromatic rings. The first kappa shape index (κ1) is 16.7. The number of ether oxygens (including phenoxy) is 2. The second-order valence-corrected chi connectivity index (χ2v) is 6.57. The maximum atomic E-state index is 6.03. The fourth-order valence-corrected chi connectivity index (χ4v) is 3.51. The SMILES string of the molecule is COc1ccc([C@@H]2C[C@@H](c3ccc(Cl)cc3)Nc3ncnn32)c(OC)c1. The molecule has 0 spiro atoms. The summed E-state index contributed by atoms with van der Waals surface area (Å²) >= 11 is 6.03. The van der Waals surface area contributed by atoms with Gasteiger partial charge in [0.25, 0.3) is 0 Å². The van der Waals surface area contributed by atoms with Crippen molar-refractivity contribution in [2.45, 2.75) is 18.5 Å². The predicted octanol–water partition coefficient (Wildman–Crippen LogP) is 4.10. The largest absolute Gasteiger partial charge is 0.497 e. The molecule has 2 heterocycles. The van der Waals surface area contributed by atoms with Crippen molar-refractivity contribution in [1.82, 2.24) is 14.8 Å². The normalized spacial score (nSPS) is 18.7. The molecule has 4 rings (SSSR count). The highest BCUT2D eigenvalue weighted by Crippen LogP contribution is 2.41. The monoisotopic (exact) mass is 370 g/mol. The molecule has 6 nitrogen and oxygen atoms in total. The number of nitrogens with zero attached hydrogens (tertiary/aromatic N) is 3. The quantitative estimate of drug-likeness (QED) is 0.749. The van der Waals surface area contributed by atoms with Crippen molar-refractivity contribution < 1.29 is 9.47 Å². The average Bonchev–Trinajstić information content (AvgIpc) is 3.16. The minimum absolute atomic E-state index is 0.00437. The van der Waals surface area contributed by atoms with Crippen LogP contribution in [-0.2, 0) is 0 Å². The second kappa shape index (κ2) is 6.88. The van der Waals surface area contributed by atoms with E-state index in [0.717, 1.165) is 40.0 Å². The number of fused-ring (bicyclic) bond motifs is 1. The molecular formula is C19H19ClN4O2. The Balaban J connectivity index is 1.75. The van der Waals surface area contributed by atoms with Crippen LogP contribution in [0.15, 0.2) is 48.8 Å². The number of methoxy groups -OCH3 is 2. The molecule has 0 bridgehead atoms. The molecule has 0 amide bonds. The van der Waals surface area contributed by atoms with Crippen LogP contribution in [0.2, 0.25) is 5.02 Å². The van der Waals surface area contributed by atoms with Gasteiger partial charge in [-0.1, -0.05) is 23.7 Å². The number of hydrogen-bond acceptors (Lipinski definition) is 5.